The average Bonchev–Trinajstić information content (AvgIpc) is 2.63. The summed E-state index contributed by atoms with van der Waals surface area (Å²) in [5.41, 5.74) is 2.13. The zero-order valence-corrected chi connectivity index (χ0v) is 16.9. The van der Waals surface area contributed by atoms with E-state index in [4.69, 9.17) is 0 Å². The Kier molecular flexibility index (Phi) is 6.52. The third-order valence-corrected chi connectivity index (χ3v) is 6.08. The van der Waals surface area contributed by atoms with Gasteiger partial charge in [0.05, 0.1) is 29.4 Å². The number of ether oxygens (including phenoxy) is 1. The van der Waals surface area contributed by atoms with E-state index in [2.05, 4.69) is 9.46 Å². The lowest BCUT2D eigenvalue weighted by Gasteiger charge is -2.19. The van der Waals surface area contributed by atoms with Crippen LogP contribution >= 0.6 is 0 Å². The quantitative estimate of drug-likeness (QED) is 0.429. The fourth-order valence-electron chi connectivity index (χ4n) is 2.72. The summed E-state index contributed by atoms with van der Waals surface area (Å²) in [6.07, 6.45) is -0.217. The van der Waals surface area contributed by atoms with E-state index >= 15 is 0 Å². The molecule has 0 aliphatic carbocycles. The van der Waals surface area contributed by atoms with Crippen molar-refractivity contribution in [3.63, 3.8) is 0 Å². The molecule has 28 heavy (non-hydrogen) atoms. The summed E-state index contributed by atoms with van der Waals surface area (Å²) < 4.78 is 33.2. The zero-order valence-electron chi connectivity index (χ0n) is 16.1. The van der Waals surface area contributed by atoms with Gasteiger partial charge in [0.15, 0.2) is 0 Å². The zero-order chi connectivity index (χ0) is 21.1. The molecule has 0 fully saturated rings. The summed E-state index contributed by atoms with van der Waals surface area (Å²) in [6, 6.07) is 8.51. The van der Waals surface area contributed by atoms with Crippen LogP contribution in [-0.4, -0.2) is 26.4 Å². The first-order valence-electron chi connectivity index (χ1n) is 8.46. The number of sulfonamides is 1. The highest BCUT2D eigenvalue weighted by atomic mass is 32.2. The number of carbonyl (C=O) groups excluding carboxylic acids is 1. The monoisotopic (exact) mass is 406 g/mol. The predicted octanol–water partition coefficient (Wildman–Crippen LogP) is 3.10. The number of esters is 1. The molecule has 1 N–H and O–H groups in total. The number of nitro benzene ring substituents is 1. The van der Waals surface area contributed by atoms with Crippen LogP contribution in [0.25, 0.3) is 0 Å². The van der Waals surface area contributed by atoms with Gasteiger partial charge in [-0.1, -0.05) is 29.8 Å². The van der Waals surface area contributed by atoms with Crippen molar-refractivity contribution in [1.82, 2.24) is 4.72 Å². The second-order valence-electron chi connectivity index (χ2n) is 6.51. The molecule has 0 radical (unpaired) electrons. The summed E-state index contributed by atoms with van der Waals surface area (Å²) >= 11 is 0. The molecule has 0 spiro atoms. The van der Waals surface area contributed by atoms with Gasteiger partial charge in [0, 0.05) is 12.1 Å². The fourth-order valence-corrected chi connectivity index (χ4v) is 4.28. The van der Waals surface area contributed by atoms with Crippen LogP contribution in [0.4, 0.5) is 5.69 Å². The van der Waals surface area contributed by atoms with Gasteiger partial charge < -0.3 is 4.74 Å². The molecule has 2 rings (SSSR count). The van der Waals surface area contributed by atoms with Crippen molar-refractivity contribution in [2.45, 2.75) is 38.1 Å². The molecular weight excluding hydrogens is 384 g/mol. The summed E-state index contributed by atoms with van der Waals surface area (Å²) in [5.74, 6) is -0.583. The first-order valence-corrected chi connectivity index (χ1v) is 9.95. The molecule has 150 valence electrons. The Labute approximate surface area is 163 Å². The number of benzene rings is 2. The molecule has 0 bridgehead atoms. The van der Waals surface area contributed by atoms with E-state index in [0.29, 0.717) is 16.7 Å². The Morgan fingerprint density at radius 3 is 2.32 bits per heavy atom. The largest absolute Gasteiger partial charge is 0.469 e. The standard InChI is InChI=1S/C19H22N2O6S/c1-12-5-7-15(8-6-12)17(11-19(22)27-4)20-28(25,26)18-10-16(21(23)24)9-13(2)14(18)3/h5-10,17,20H,11H2,1-4H3. The molecular formula is C19H22N2O6S. The Morgan fingerprint density at radius 2 is 1.79 bits per heavy atom. The van der Waals surface area contributed by atoms with Gasteiger partial charge >= 0.3 is 5.97 Å². The normalized spacial score (nSPS) is 12.4. The smallest absolute Gasteiger partial charge is 0.307 e. The van der Waals surface area contributed by atoms with Crippen LogP contribution < -0.4 is 4.72 Å². The number of carbonyl (C=O) groups is 1. The first kappa shape index (κ1) is 21.5. The average molecular weight is 406 g/mol. The summed E-state index contributed by atoms with van der Waals surface area (Å²) in [7, 11) is -2.92. The van der Waals surface area contributed by atoms with Gasteiger partial charge in [-0.15, -0.1) is 0 Å². The number of nitrogens with zero attached hydrogens (tertiary/aromatic N) is 1. The van der Waals surface area contributed by atoms with Gasteiger partial charge in [-0.3, -0.25) is 14.9 Å². The van der Waals surface area contributed by atoms with Crippen LogP contribution in [0.15, 0.2) is 41.3 Å². The fraction of sp³-hybridized carbons (Fsp3) is 0.316. The Morgan fingerprint density at radius 1 is 1.18 bits per heavy atom. The minimum atomic E-state index is -4.14. The van der Waals surface area contributed by atoms with Crippen molar-refractivity contribution < 1.29 is 22.9 Å². The maximum atomic E-state index is 13.0. The molecule has 2 aromatic rings. The van der Waals surface area contributed by atoms with Gasteiger partial charge in [-0.2, -0.15) is 0 Å². The molecule has 1 atom stereocenters. The number of hydrogen-bond acceptors (Lipinski definition) is 6. The maximum Gasteiger partial charge on any atom is 0.307 e. The molecule has 0 amide bonds. The van der Waals surface area contributed by atoms with Gasteiger partial charge in [-0.05, 0) is 37.5 Å². The van der Waals surface area contributed by atoms with Crippen molar-refractivity contribution in [1.29, 1.82) is 0 Å². The van der Waals surface area contributed by atoms with Crippen LogP contribution in [0.3, 0.4) is 0 Å². The molecule has 0 saturated carbocycles. The second kappa shape index (κ2) is 8.49. The van der Waals surface area contributed by atoms with E-state index in [0.717, 1.165) is 11.6 Å². The molecule has 9 heteroatoms. The van der Waals surface area contributed by atoms with Crippen molar-refractivity contribution >= 4 is 21.7 Å². The van der Waals surface area contributed by atoms with E-state index in [9.17, 15) is 23.3 Å². The lowest BCUT2D eigenvalue weighted by atomic mass is 10.0. The molecule has 0 aromatic heterocycles. The third-order valence-electron chi connectivity index (χ3n) is 4.48. The summed E-state index contributed by atoms with van der Waals surface area (Å²) in [5, 5.41) is 11.1. The Balaban J connectivity index is 2.49. The predicted molar refractivity (Wildman–Crippen MR) is 103 cm³/mol. The molecule has 0 heterocycles. The van der Waals surface area contributed by atoms with E-state index in [-0.39, 0.29) is 17.0 Å². The Hall–Kier alpha value is -2.78. The Bertz CT molecular complexity index is 1000. The van der Waals surface area contributed by atoms with Crippen LogP contribution in [-0.2, 0) is 19.6 Å². The molecule has 0 aliphatic heterocycles. The highest BCUT2D eigenvalue weighted by Gasteiger charge is 2.27. The lowest BCUT2D eigenvalue weighted by molar-refractivity contribution is -0.385. The molecule has 1 unspecified atom stereocenters. The van der Waals surface area contributed by atoms with Crippen LogP contribution in [0.5, 0.6) is 0 Å². The van der Waals surface area contributed by atoms with Crippen LogP contribution in [0, 0.1) is 30.9 Å². The van der Waals surface area contributed by atoms with Gasteiger partial charge in [0.25, 0.3) is 5.69 Å². The highest BCUT2D eigenvalue weighted by molar-refractivity contribution is 7.89. The van der Waals surface area contributed by atoms with Crippen molar-refractivity contribution in [3.8, 4) is 0 Å². The van der Waals surface area contributed by atoms with Crippen molar-refractivity contribution in [2.75, 3.05) is 7.11 Å². The van der Waals surface area contributed by atoms with Crippen molar-refractivity contribution in [2.24, 2.45) is 0 Å². The second-order valence-corrected chi connectivity index (χ2v) is 8.19. The van der Waals surface area contributed by atoms with Crippen molar-refractivity contribution in [3.05, 3.63) is 68.8 Å². The van der Waals surface area contributed by atoms with E-state index in [1.807, 2.05) is 6.92 Å². The number of non-ortho nitro benzene ring substituents is 1. The van der Waals surface area contributed by atoms with Gasteiger partial charge in [-0.25, -0.2) is 13.1 Å². The minimum Gasteiger partial charge on any atom is -0.469 e. The number of nitro groups is 1. The van der Waals surface area contributed by atoms with E-state index < -0.39 is 27.0 Å². The maximum absolute atomic E-state index is 13.0. The SMILES string of the molecule is COC(=O)CC(NS(=O)(=O)c1cc([N+](=O)[O-])cc(C)c1C)c1ccc(C)cc1. The topological polar surface area (TPSA) is 116 Å². The molecule has 0 aliphatic rings. The lowest BCUT2D eigenvalue weighted by Crippen LogP contribution is -2.31. The number of rotatable bonds is 7. The number of aryl methyl sites for hydroxylation is 2. The first-order chi connectivity index (χ1) is 13.0. The van der Waals surface area contributed by atoms with Crippen LogP contribution in [0.1, 0.15) is 34.7 Å². The minimum absolute atomic E-state index is 0.193. The van der Waals surface area contributed by atoms with Crippen LogP contribution in [0.2, 0.25) is 0 Å². The third kappa shape index (κ3) is 4.93. The summed E-state index contributed by atoms with van der Waals surface area (Å²) in [4.78, 5) is 22.1. The highest BCUT2D eigenvalue weighted by Crippen LogP contribution is 2.28. The molecule has 8 nitrogen and oxygen atoms in total. The molecule has 0 saturated heterocycles. The van der Waals surface area contributed by atoms with Gasteiger partial charge in [0.2, 0.25) is 10.0 Å². The summed E-state index contributed by atoms with van der Waals surface area (Å²) in [6.45, 7) is 5.07. The number of nitrogens with one attached hydrogen (secondary N) is 1. The van der Waals surface area contributed by atoms with E-state index in [1.54, 1.807) is 38.1 Å². The van der Waals surface area contributed by atoms with Gasteiger partial charge in [0.1, 0.15) is 0 Å². The van der Waals surface area contributed by atoms with E-state index in [1.165, 1.54) is 13.2 Å². The number of hydrogen-bond donors (Lipinski definition) is 1. The number of methoxy groups -OCH3 is 1. The molecule has 2 aromatic carbocycles.